The van der Waals surface area contributed by atoms with Crippen LogP contribution in [0.3, 0.4) is 0 Å². The number of carbonyl (C=O) groups excluding carboxylic acids is 5. The maximum Gasteiger partial charge on any atom is 0.339 e. The van der Waals surface area contributed by atoms with E-state index in [1.807, 2.05) is 12.1 Å². The molecule has 0 radical (unpaired) electrons. The number of esters is 5. The monoisotopic (exact) mass is 630 g/mol. The summed E-state index contributed by atoms with van der Waals surface area (Å²) in [7, 11) is 1.14. The molecule has 0 N–H and O–H groups in total. The van der Waals surface area contributed by atoms with Crippen molar-refractivity contribution in [1.82, 2.24) is 0 Å². The number of benzene rings is 1. The number of carbonyl (C=O) groups is 5. The highest BCUT2D eigenvalue weighted by molar-refractivity contribution is 5.77. The number of rotatable bonds is 7. The molecule has 12 heteroatoms. The van der Waals surface area contributed by atoms with Crippen molar-refractivity contribution in [2.45, 2.75) is 116 Å². The van der Waals surface area contributed by atoms with Gasteiger partial charge in [-0.05, 0) is 79.5 Å². The molecule has 0 bridgehead atoms. The Balaban J connectivity index is 1.40. The van der Waals surface area contributed by atoms with Crippen LogP contribution in [0.2, 0.25) is 0 Å². The molecule has 1 saturated heterocycles. The van der Waals surface area contributed by atoms with E-state index in [1.165, 1.54) is 19.4 Å². The van der Waals surface area contributed by atoms with Gasteiger partial charge < -0.3 is 33.2 Å². The number of aryl methyl sites for hydroxylation is 1. The molecule has 0 amide bonds. The molecule has 1 aromatic rings. The Labute approximate surface area is 262 Å². The molecule has 1 aliphatic heterocycles. The molecule has 45 heavy (non-hydrogen) atoms. The quantitative estimate of drug-likeness (QED) is 0.320. The highest BCUT2D eigenvalue weighted by atomic mass is 16.7. The van der Waals surface area contributed by atoms with Crippen LogP contribution in [0.25, 0.3) is 0 Å². The Hall–Kier alpha value is -3.67. The summed E-state index contributed by atoms with van der Waals surface area (Å²) < 4.78 is 39.0. The van der Waals surface area contributed by atoms with Gasteiger partial charge in [-0.3, -0.25) is 19.2 Å². The largest absolute Gasteiger partial charge is 0.467 e. The first kappa shape index (κ1) is 32.7. The molecule has 0 spiro atoms. The minimum Gasteiger partial charge on any atom is -0.467 e. The van der Waals surface area contributed by atoms with Crippen LogP contribution in [0.1, 0.15) is 83.8 Å². The van der Waals surface area contributed by atoms with E-state index in [0.29, 0.717) is 23.5 Å². The lowest BCUT2D eigenvalue weighted by Crippen LogP contribution is -2.64. The van der Waals surface area contributed by atoms with E-state index in [1.54, 1.807) is 0 Å². The maximum absolute atomic E-state index is 12.7. The van der Waals surface area contributed by atoms with Crippen molar-refractivity contribution in [2.24, 2.45) is 17.3 Å². The second-order valence-corrected chi connectivity index (χ2v) is 12.8. The highest BCUT2D eigenvalue weighted by Crippen LogP contribution is 2.61. The number of hydrogen-bond acceptors (Lipinski definition) is 12. The van der Waals surface area contributed by atoms with Crippen LogP contribution in [0.15, 0.2) is 18.2 Å². The fourth-order valence-electron chi connectivity index (χ4n) is 8.29. The van der Waals surface area contributed by atoms with E-state index in [4.69, 9.17) is 33.2 Å². The third-order valence-electron chi connectivity index (χ3n) is 10.0. The first-order valence-electron chi connectivity index (χ1n) is 15.5. The minimum absolute atomic E-state index is 0.0178. The van der Waals surface area contributed by atoms with Gasteiger partial charge in [0.2, 0.25) is 12.4 Å². The van der Waals surface area contributed by atoms with Crippen LogP contribution in [0, 0.1) is 17.3 Å². The van der Waals surface area contributed by atoms with Crippen molar-refractivity contribution < 1.29 is 57.1 Å². The lowest BCUT2D eigenvalue weighted by atomic mass is 9.55. The van der Waals surface area contributed by atoms with Crippen LogP contribution in [0.5, 0.6) is 5.75 Å². The summed E-state index contributed by atoms with van der Waals surface area (Å²) in [6, 6.07) is 5.79. The van der Waals surface area contributed by atoms with Crippen molar-refractivity contribution in [1.29, 1.82) is 0 Å². The van der Waals surface area contributed by atoms with E-state index in [9.17, 15) is 24.0 Å². The number of fused-ring (bicyclic) bond motifs is 5. The van der Waals surface area contributed by atoms with Crippen molar-refractivity contribution in [2.75, 3.05) is 7.11 Å². The summed E-state index contributed by atoms with van der Waals surface area (Å²) in [5.41, 5.74) is 2.37. The topological polar surface area (TPSA) is 150 Å². The molecule has 3 aliphatic carbocycles. The summed E-state index contributed by atoms with van der Waals surface area (Å²) >= 11 is 0. The fourth-order valence-corrected chi connectivity index (χ4v) is 8.29. The Morgan fingerprint density at radius 1 is 0.800 bits per heavy atom. The summed E-state index contributed by atoms with van der Waals surface area (Å²) in [4.78, 5) is 60.7. The van der Waals surface area contributed by atoms with E-state index in [2.05, 4.69) is 13.0 Å². The van der Waals surface area contributed by atoms with Crippen LogP contribution in [-0.4, -0.2) is 73.8 Å². The fraction of sp³-hybridized carbons (Fsp3) is 0.667. The van der Waals surface area contributed by atoms with Gasteiger partial charge in [-0.15, -0.1) is 0 Å². The SMILES string of the molecule is COC(=O)[C@@H]1O[C@@H](Oc2ccc3c(c2)CC[C@H]2[C@H]4CC[C@H](OC(C)=O)[C@@]4(C)CC[C@@H]32)[C@H](OC(C)=O)[C@H](OC(C)=O)[C@@H]1OC(C)=O. The third kappa shape index (κ3) is 6.52. The summed E-state index contributed by atoms with van der Waals surface area (Å²) in [5, 5.41) is 0. The van der Waals surface area contributed by atoms with Crippen molar-refractivity contribution in [3.8, 4) is 5.75 Å². The van der Waals surface area contributed by atoms with Gasteiger partial charge in [-0.1, -0.05) is 13.0 Å². The summed E-state index contributed by atoms with van der Waals surface area (Å²) in [6.45, 7) is 7.19. The first-order valence-corrected chi connectivity index (χ1v) is 15.5. The molecule has 4 aliphatic rings. The van der Waals surface area contributed by atoms with Gasteiger partial charge in [0.05, 0.1) is 7.11 Å². The standard InChI is InChI=1S/C33H42O12/c1-16(34)40-26-12-11-25-24-9-7-20-15-21(8-10-22(20)23(24)13-14-33(25,26)5)44-32-30(43-19(4)37)28(42-18(3)36)27(41-17(2)35)29(45-32)31(38)39-6/h8,10,15,23-30,32H,7,9,11-14H2,1-6H3/t23-,24+,25+,26-,27-,28+,29+,30+,32+,33-/m0/s1. The average molecular weight is 631 g/mol. The Morgan fingerprint density at radius 3 is 2.09 bits per heavy atom. The average Bonchev–Trinajstić information content (AvgIpc) is 3.29. The Morgan fingerprint density at radius 2 is 1.44 bits per heavy atom. The van der Waals surface area contributed by atoms with Gasteiger partial charge in [0.1, 0.15) is 11.9 Å². The zero-order valence-electron chi connectivity index (χ0n) is 26.6. The molecule has 12 nitrogen and oxygen atoms in total. The number of hydrogen-bond donors (Lipinski definition) is 0. The third-order valence-corrected chi connectivity index (χ3v) is 10.0. The van der Waals surface area contributed by atoms with Crippen molar-refractivity contribution in [3.63, 3.8) is 0 Å². The molecule has 1 aromatic carbocycles. The van der Waals surface area contributed by atoms with E-state index < -0.39 is 54.6 Å². The predicted molar refractivity (Wildman–Crippen MR) is 155 cm³/mol. The van der Waals surface area contributed by atoms with Gasteiger partial charge >= 0.3 is 29.8 Å². The molecule has 2 saturated carbocycles. The summed E-state index contributed by atoms with van der Waals surface area (Å²) in [5.74, 6) is -1.63. The Bertz CT molecular complexity index is 1340. The zero-order valence-corrected chi connectivity index (χ0v) is 26.6. The smallest absolute Gasteiger partial charge is 0.339 e. The molecule has 1 heterocycles. The van der Waals surface area contributed by atoms with E-state index >= 15 is 0 Å². The summed E-state index contributed by atoms with van der Waals surface area (Å²) in [6.07, 6.45) is -1.50. The minimum atomic E-state index is -1.53. The molecule has 3 fully saturated rings. The van der Waals surface area contributed by atoms with Crippen LogP contribution in [0.4, 0.5) is 0 Å². The molecule has 10 atom stereocenters. The highest BCUT2D eigenvalue weighted by Gasteiger charge is 2.57. The first-order chi connectivity index (χ1) is 21.3. The van der Waals surface area contributed by atoms with Gasteiger partial charge in [0, 0.05) is 33.1 Å². The lowest BCUT2D eigenvalue weighted by molar-refractivity contribution is -0.282. The Kier molecular flexibility index (Phi) is 9.44. The normalized spacial score (nSPS) is 35.0. The van der Waals surface area contributed by atoms with Crippen LogP contribution < -0.4 is 4.74 Å². The van der Waals surface area contributed by atoms with E-state index in [0.717, 1.165) is 65.0 Å². The predicted octanol–water partition coefficient (Wildman–Crippen LogP) is 3.55. The lowest BCUT2D eigenvalue weighted by Gasteiger charge is -2.50. The van der Waals surface area contributed by atoms with Crippen molar-refractivity contribution >= 4 is 29.8 Å². The molecular formula is C33H42O12. The zero-order chi connectivity index (χ0) is 32.6. The molecule has 0 aromatic heterocycles. The molecular weight excluding hydrogens is 588 g/mol. The van der Waals surface area contributed by atoms with Gasteiger partial charge in [0.25, 0.3) is 0 Å². The second-order valence-electron chi connectivity index (χ2n) is 12.8. The van der Waals surface area contributed by atoms with Crippen LogP contribution in [-0.2, 0) is 58.8 Å². The van der Waals surface area contributed by atoms with Crippen molar-refractivity contribution in [3.05, 3.63) is 29.3 Å². The maximum atomic E-state index is 12.7. The number of ether oxygens (including phenoxy) is 7. The van der Waals surface area contributed by atoms with E-state index in [-0.39, 0.29) is 17.5 Å². The number of methoxy groups -OCH3 is 1. The van der Waals surface area contributed by atoms with Gasteiger partial charge in [-0.2, -0.15) is 0 Å². The van der Waals surface area contributed by atoms with Gasteiger partial charge in [-0.25, -0.2) is 4.79 Å². The second kappa shape index (κ2) is 13.0. The van der Waals surface area contributed by atoms with Gasteiger partial charge in [0.15, 0.2) is 18.3 Å². The molecule has 246 valence electrons. The molecule has 5 rings (SSSR count). The van der Waals surface area contributed by atoms with Crippen LogP contribution >= 0.6 is 0 Å². The molecule has 0 unspecified atom stereocenters.